The van der Waals surface area contributed by atoms with Gasteiger partial charge in [0.1, 0.15) is 0 Å². The normalized spacial score (nSPS) is 14.2. The molecule has 0 aromatic carbocycles. The quantitative estimate of drug-likeness (QED) is 0.530. The summed E-state index contributed by atoms with van der Waals surface area (Å²) in [6.07, 6.45) is 0. The Kier molecular flexibility index (Phi) is 7.58. The molecule has 2 atom stereocenters. The van der Waals surface area contributed by atoms with Gasteiger partial charge in [-0.1, -0.05) is 0 Å². The summed E-state index contributed by atoms with van der Waals surface area (Å²) in [5.74, 6) is -2.52. The molecule has 4 nitrogen and oxygen atoms in total. The van der Waals surface area contributed by atoms with Crippen molar-refractivity contribution < 1.29 is 36.9 Å². The van der Waals surface area contributed by atoms with Gasteiger partial charge in [-0.3, -0.25) is 0 Å². The van der Waals surface area contributed by atoms with E-state index < -0.39 is 22.4 Å². The summed E-state index contributed by atoms with van der Waals surface area (Å²) in [6, 6.07) is 0. The minimum Gasteiger partial charge on any atom is -0.549 e. The van der Waals surface area contributed by atoms with Gasteiger partial charge in [-0.05, 0) is 13.8 Å². The second kappa shape index (κ2) is 6.34. The van der Waals surface area contributed by atoms with Gasteiger partial charge in [0.15, 0.2) is 0 Å². The van der Waals surface area contributed by atoms with Crippen LogP contribution < -0.4 is 10.2 Å². The largest absolute Gasteiger partial charge is 2.00 e. The van der Waals surface area contributed by atoms with Crippen molar-refractivity contribution >= 4 is 23.7 Å². The predicted molar refractivity (Wildman–Crippen MR) is 36.5 cm³/mol. The van der Waals surface area contributed by atoms with E-state index in [0.29, 0.717) is 0 Å². The smallest absolute Gasteiger partial charge is 0.549 e. The third-order valence-corrected chi connectivity index (χ3v) is 2.27. The molecule has 0 saturated carbocycles. The first-order valence-electron chi connectivity index (χ1n) is 3.02. The number of hydrogen-bond donors (Lipinski definition) is 0. The first kappa shape index (κ1) is 14.3. The second-order valence-corrected chi connectivity index (χ2v) is 3.74. The number of rotatable bonds is 4. The van der Waals surface area contributed by atoms with E-state index in [9.17, 15) is 19.8 Å². The maximum absolute atomic E-state index is 10.1. The maximum Gasteiger partial charge on any atom is 2.00 e. The molecule has 0 saturated heterocycles. The van der Waals surface area contributed by atoms with E-state index in [1.165, 1.54) is 13.8 Å². The molecule has 0 aliphatic carbocycles. The van der Waals surface area contributed by atoms with Crippen molar-refractivity contribution in [3.05, 3.63) is 0 Å². The van der Waals surface area contributed by atoms with E-state index in [4.69, 9.17) is 0 Å². The molecule has 2 unspecified atom stereocenters. The Labute approximate surface area is 85.2 Å². The van der Waals surface area contributed by atoms with Crippen LogP contribution in [0.25, 0.3) is 0 Å². The predicted octanol–water partition coefficient (Wildman–Crippen LogP) is -2.01. The van der Waals surface area contributed by atoms with Crippen molar-refractivity contribution in [2.75, 3.05) is 0 Å². The first-order chi connectivity index (χ1) is 4.95. The molecule has 73 valence electrons. The molecule has 0 bridgehead atoms. The van der Waals surface area contributed by atoms with Crippen LogP contribution in [-0.4, -0.2) is 22.4 Å². The van der Waals surface area contributed by atoms with Crippen LogP contribution >= 0.6 is 11.8 Å². The zero-order valence-electron chi connectivity index (χ0n) is 6.50. The van der Waals surface area contributed by atoms with Gasteiger partial charge < -0.3 is 19.8 Å². The van der Waals surface area contributed by atoms with Crippen LogP contribution in [0.3, 0.4) is 0 Å². The van der Waals surface area contributed by atoms with Crippen molar-refractivity contribution in [2.24, 2.45) is 0 Å². The number of carboxylic acids is 2. The second-order valence-electron chi connectivity index (χ2n) is 2.06. The van der Waals surface area contributed by atoms with Crippen LogP contribution in [0.5, 0.6) is 0 Å². The Morgan fingerprint density at radius 2 is 1.33 bits per heavy atom. The Morgan fingerprint density at radius 3 is 1.50 bits per heavy atom. The zero-order valence-corrected chi connectivity index (χ0v) is 8.26. The van der Waals surface area contributed by atoms with E-state index in [2.05, 4.69) is 0 Å². The molecule has 1 radical (unpaired) electrons. The number of thioether (sulfide) groups is 1. The molecular formula is C6H8CuO4S. The van der Waals surface area contributed by atoms with Gasteiger partial charge in [-0.2, -0.15) is 0 Å². The van der Waals surface area contributed by atoms with Crippen LogP contribution in [0.15, 0.2) is 0 Å². The number of aliphatic carboxylic acids is 2. The third-order valence-electron chi connectivity index (χ3n) is 1.07. The minimum atomic E-state index is -1.26. The van der Waals surface area contributed by atoms with Crippen LogP contribution in [0.4, 0.5) is 0 Å². The third kappa shape index (κ3) is 5.46. The summed E-state index contributed by atoms with van der Waals surface area (Å²) in [5.41, 5.74) is 0. The summed E-state index contributed by atoms with van der Waals surface area (Å²) in [4.78, 5) is 20.2. The van der Waals surface area contributed by atoms with E-state index in [-0.39, 0.29) is 17.1 Å². The van der Waals surface area contributed by atoms with Gasteiger partial charge in [0.05, 0.1) is 11.9 Å². The summed E-state index contributed by atoms with van der Waals surface area (Å²) in [6.45, 7) is 2.75. The molecule has 0 rings (SSSR count). The van der Waals surface area contributed by atoms with Crippen molar-refractivity contribution in [1.29, 1.82) is 0 Å². The molecule has 12 heavy (non-hydrogen) atoms. The number of hydrogen-bond acceptors (Lipinski definition) is 5. The molecule has 0 aromatic rings. The number of carbonyl (C=O) groups excluding carboxylic acids is 2. The molecule has 0 aromatic heterocycles. The molecule has 0 amide bonds. The molecule has 0 aliphatic rings. The van der Waals surface area contributed by atoms with Gasteiger partial charge in [-0.25, -0.2) is 0 Å². The molecule has 0 heterocycles. The van der Waals surface area contributed by atoms with Crippen molar-refractivity contribution in [2.45, 2.75) is 24.3 Å². The Hall–Kier alpha value is -0.191. The van der Waals surface area contributed by atoms with Gasteiger partial charge in [-0.15, -0.1) is 11.8 Å². The average molecular weight is 240 g/mol. The van der Waals surface area contributed by atoms with Gasteiger partial charge in [0, 0.05) is 10.5 Å². The molecule has 6 heteroatoms. The summed E-state index contributed by atoms with van der Waals surface area (Å²) in [7, 11) is 0. The van der Waals surface area contributed by atoms with E-state index in [1.54, 1.807) is 0 Å². The van der Waals surface area contributed by atoms with Crippen LogP contribution in [0.1, 0.15) is 13.8 Å². The zero-order chi connectivity index (χ0) is 9.02. The van der Waals surface area contributed by atoms with Crippen LogP contribution in [0, 0.1) is 0 Å². The summed E-state index contributed by atoms with van der Waals surface area (Å²) < 4.78 is 0. The Bertz CT molecular complexity index is 155. The fourth-order valence-corrected chi connectivity index (χ4v) is 1.25. The molecule has 0 fully saturated rings. The average Bonchev–Trinajstić information content (AvgIpc) is 1.87. The van der Waals surface area contributed by atoms with Gasteiger partial charge in [0.25, 0.3) is 0 Å². The summed E-state index contributed by atoms with van der Waals surface area (Å²) in [5, 5.41) is 18.6. The Morgan fingerprint density at radius 1 is 1.08 bits per heavy atom. The van der Waals surface area contributed by atoms with E-state index in [1.807, 2.05) is 0 Å². The molecular weight excluding hydrogens is 232 g/mol. The monoisotopic (exact) mass is 239 g/mol. The maximum atomic E-state index is 10.1. The fourth-order valence-electron chi connectivity index (χ4n) is 0.417. The van der Waals surface area contributed by atoms with Crippen molar-refractivity contribution in [3.8, 4) is 0 Å². The van der Waals surface area contributed by atoms with Crippen LogP contribution in [-0.2, 0) is 26.7 Å². The standard InChI is InChI=1S/C6H10O4S.Cu/c1-3(5(7)8)11-4(2)6(9)10;/h3-4H,1-2H3,(H,7,8)(H,9,10);/q;+2/p-2. The Balaban J connectivity index is 0. The van der Waals surface area contributed by atoms with E-state index in [0.717, 1.165) is 11.8 Å². The summed E-state index contributed by atoms with van der Waals surface area (Å²) >= 11 is 0.792. The topological polar surface area (TPSA) is 80.3 Å². The fraction of sp³-hybridized carbons (Fsp3) is 0.667. The van der Waals surface area contributed by atoms with Crippen LogP contribution in [0.2, 0.25) is 0 Å². The first-order valence-corrected chi connectivity index (χ1v) is 3.96. The molecule has 0 aliphatic heterocycles. The van der Waals surface area contributed by atoms with Crippen molar-refractivity contribution in [1.82, 2.24) is 0 Å². The van der Waals surface area contributed by atoms with Gasteiger partial charge in [0.2, 0.25) is 0 Å². The minimum absolute atomic E-state index is 0. The molecule has 0 N–H and O–H groups in total. The number of carboxylic acid groups (broad SMARTS) is 2. The van der Waals surface area contributed by atoms with Gasteiger partial charge >= 0.3 is 17.1 Å². The number of carbonyl (C=O) groups is 2. The SMILES string of the molecule is CC(SC(C)C(=O)[O-])C(=O)[O-].[Cu+2]. The van der Waals surface area contributed by atoms with Crippen molar-refractivity contribution in [3.63, 3.8) is 0 Å². The molecule has 0 spiro atoms. The van der Waals surface area contributed by atoms with E-state index >= 15 is 0 Å².